The van der Waals surface area contributed by atoms with Gasteiger partial charge >= 0.3 is 5.97 Å². The van der Waals surface area contributed by atoms with Gasteiger partial charge in [-0.2, -0.15) is 0 Å². The van der Waals surface area contributed by atoms with E-state index < -0.39 is 21.1 Å². The molecule has 2 N–H and O–H groups in total. The third-order valence-electron chi connectivity index (χ3n) is 3.14. The average Bonchev–Trinajstić information content (AvgIpc) is 2.47. The summed E-state index contributed by atoms with van der Waals surface area (Å²) in [6, 6.07) is 13.2. The Labute approximate surface area is 133 Å². The van der Waals surface area contributed by atoms with Gasteiger partial charge in [0.2, 0.25) is 5.91 Å². The maximum absolute atomic E-state index is 12.6. The highest BCUT2D eigenvalue weighted by Gasteiger charge is 2.35. The Morgan fingerprint density at radius 1 is 1.00 bits per heavy atom. The number of hydrogen-bond acceptors (Lipinski definition) is 4. The third-order valence-corrected chi connectivity index (χ3v) is 5.16. The van der Waals surface area contributed by atoms with E-state index in [1.807, 2.05) is 0 Å². The van der Waals surface area contributed by atoms with E-state index in [0.717, 1.165) is 0 Å². The van der Waals surface area contributed by atoms with Gasteiger partial charge in [0.1, 0.15) is 0 Å². The lowest BCUT2D eigenvalue weighted by Crippen LogP contribution is -2.22. The van der Waals surface area contributed by atoms with Crippen LogP contribution in [0.25, 0.3) is 0 Å². The molecule has 23 heavy (non-hydrogen) atoms. The number of amides is 1. The van der Waals surface area contributed by atoms with Crippen molar-refractivity contribution in [3.8, 4) is 0 Å². The normalized spacial score (nSPS) is 12.4. The number of benzene rings is 2. The molecule has 1 amide bonds. The maximum atomic E-state index is 12.6. The molecular weight excluding hydrogens is 318 g/mol. The summed E-state index contributed by atoms with van der Waals surface area (Å²) in [7, 11) is -4.11. The van der Waals surface area contributed by atoms with Gasteiger partial charge in [-0.3, -0.25) is 9.59 Å². The molecule has 1 unspecified atom stereocenters. The Bertz CT molecular complexity index is 813. The highest BCUT2D eigenvalue weighted by Crippen LogP contribution is 2.29. The maximum Gasteiger partial charge on any atom is 0.326 e. The van der Waals surface area contributed by atoms with E-state index in [1.54, 1.807) is 18.2 Å². The zero-order valence-electron chi connectivity index (χ0n) is 12.3. The molecule has 0 heterocycles. The first-order valence-electron chi connectivity index (χ1n) is 6.71. The molecule has 0 aliphatic carbocycles. The van der Waals surface area contributed by atoms with Crippen LogP contribution in [0.2, 0.25) is 0 Å². The van der Waals surface area contributed by atoms with Crippen LogP contribution in [0.5, 0.6) is 0 Å². The summed E-state index contributed by atoms with van der Waals surface area (Å²) in [6.07, 6.45) is 0. The van der Waals surface area contributed by atoms with Crippen LogP contribution in [0.4, 0.5) is 5.69 Å². The molecule has 1 atom stereocenters. The van der Waals surface area contributed by atoms with Crippen molar-refractivity contribution in [2.24, 2.45) is 0 Å². The Balaban J connectivity index is 2.42. The van der Waals surface area contributed by atoms with Crippen LogP contribution < -0.4 is 5.32 Å². The molecule has 0 spiro atoms. The van der Waals surface area contributed by atoms with Crippen molar-refractivity contribution >= 4 is 27.4 Å². The van der Waals surface area contributed by atoms with E-state index in [-0.39, 0.29) is 16.4 Å². The number of carbonyl (C=O) groups excluding carboxylic acids is 1. The molecule has 2 rings (SSSR count). The lowest BCUT2D eigenvalue weighted by molar-refractivity contribution is -0.136. The lowest BCUT2D eigenvalue weighted by Gasteiger charge is -2.14. The van der Waals surface area contributed by atoms with E-state index >= 15 is 0 Å². The van der Waals surface area contributed by atoms with Gasteiger partial charge < -0.3 is 10.4 Å². The van der Waals surface area contributed by atoms with Crippen LogP contribution in [-0.4, -0.2) is 25.4 Å². The Kier molecular flexibility index (Phi) is 4.80. The average molecular weight is 333 g/mol. The van der Waals surface area contributed by atoms with Crippen molar-refractivity contribution in [2.75, 3.05) is 5.32 Å². The molecule has 0 aliphatic rings. The van der Waals surface area contributed by atoms with E-state index in [4.69, 9.17) is 0 Å². The monoisotopic (exact) mass is 333 g/mol. The molecule has 0 bridgehead atoms. The van der Waals surface area contributed by atoms with Crippen molar-refractivity contribution in [3.63, 3.8) is 0 Å². The summed E-state index contributed by atoms with van der Waals surface area (Å²) in [5, 5.41) is 10.2. The molecule has 0 fully saturated rings. The third kappa shape index (κ3) is 3.75. The summed E-state index contributed by atoms with van der Waals surface area (Å²) < 4.78 is 25.3. The van der Waals surface area contributed by atoms with E-state index in [0.29, 0.717) is 5.69 Å². The van der Waals surface area contributed by atoms with Gasteiger partial charge in [0.25, 0.3) is 0 Å². The van der Waals surface area contributed by atoms with Gasteiger partial charge in [-0.15, -0.1) is 0 Å². The fraction of sp³-hybridized carbons (Fsp3) is 0.125. The molecule has 0 aliphatic heterocycles. The van der Waals surface area contributed by atoms with E-state index in [2.05, 4.69) is 5.32 Å². The largest absolute Gasteiger partial charge is 0.480 e. The van der Waals surface area contributed by atoms with Crippen LogP contribution in [0.1, 0.15) is 17.7 Å². The van der Waals surface area contributed by atoms with Gasteiger partial charge in [0, 0.05) is 12.6 Å². The van der Waals surface area contributed by atoms with Crippen molar-refractivity contribution in [1.29, 1.82) is 0 Å². The van der Waals surface area contributed by atoms with Crippen molar-refractivity contribution in [2.45, 2.75) is 17.1 Å². The summed E-state index contributed by atoms with van der Waals surface area (Å²) in [5.74, 6) is -1.73. The van der Waals surface area contributed by atoms with Gasteiger partial charge in [-0.25, -0.2) is 8.42 Å². The Morgan fingerprint density at radius 2 is 1.57 bits per heavy atom. The first kappa shape index (κ1) is 16.7. The van der Waals surface area contributed by atoms with E-state index in [9.17, 15) is 23.1 Å². The molecule has 7 heteroatoms. The first-order valence-corrected chi connectivity index (χ1v) is 8.26. The van der Waals surface area contributed by atoms with Gasteiger partial charge in [-0.1, -0.05) is 30.3 Å². The first-order chi connectivity index (χ1) is 10.8. The second-order valence-electron chi connectivity index (χ2n) is 4.88. The number of aliphatic carboxylic acids is 1. The van der Waals surface area contributed by atoms with E-state index in [1.165, 1.54) is 43.3 Å². The highest BCUT2D eigenvalue weighted by molar-refractivity contribution is 7.92. The highest BCUT2D eigenvalue weighted by atomic mass is 32.2. The Hall–Kier alpha value is -2.67. The molecule has 0 saturated carbocycles. The SMILES string of the molecule is CC(=O)Nc1ccc(S(=O)(=O)C(C(=O)O)c2ccccc2)cc1. The van der Waals surface area contributed by atoms with Crippen molar-refractivity contribution in [3.05, 3.63) is 60.2 Å². The quantitative estimate of drug-likeness (QED) is 0.874. The minimum absolute atomic E-state index is 0.122. The van der Waals surface area contributed by atoms with Crippen LogP contribution in [-0.2, 0) is 19.4 Å². The van der Waals surface area contributed by atoms with Gasteiger partial charge in [-0.05, 0) is 29.8 Å². The number of carbonyl (C=O) groups is 2. The second-order valence-corrected chi connectivity index (χ2v) is 6.91. The van der Waals surface area contributed by atoms with Crippen molar-refractivity contribution < 1.29 is 23.1 Å². The summed E-state index contributed by atoms with van der Waals surface area (Å²) in [5.41, 5.74) is 0.619. The molecule has 0 saturated heterocycles. The number of sulfone groups is 1. The number of nitrogens with one attached hydrogen (secondary N) is 1. The van der Waals surface area contributed by atoms with Gasteiger partial charge in [0.05, 0.1) is 4.90 Å². The Morgan fingerprint density at radius 3 is 2.04 bits per heavy atom. The lowest BCUT2D eigenvalue weighted by atomic mass is 10.1. The molecule has 2 aromatic rings. The number of carboxylic acids is 1. The molecule has 0 aromatic heterocycles. The standard InChI is InChI=1S/C16H15NO5S/c1-11(18)17-13-7-9-14(10-8-13)23(21,22)15(16(19)20)12-5-3-2-4-6-12/h2-10,15H,1H3,(H,17,18)(H,19,20). The number of hydrogen-bond donors (Lipinski definition) is 2. The molecular formula is C16H15NO5S. The van der Waals surface area contributed by atoms with Crippen LogP contribution in [0, 0.1) is 0 Å². The summed E-state index contributed by atoms with van der Waals surface area (Å²) in [6.45, 7) is 1.33. The summed E-state index contributed by atoms with van der Waals surface area (Å²) in [4.78, 5) is 22.3. The molecule has 2 aromatic carbocycles. The smallest absolute Gasteiger partial charge is 0.326 e. The number of anilines is 1. The number of rotatable bonds is 5. The zero-order chi connectivity index (χ0) is 17.0. The minimum Gasteiger partial charge on any atom is -0.480 e. The van der Waals surface area contributed by atoms with Crippen LogP contribution >= 0.6 is 0 Å². The van der Waals surface area contributed by atoms with Crippen LogP contribution in [0.15, 0.2) is 59.5 Å². The zero-order valence-corrected chi connectivity index (χ0v) is 13.1. The second kappa shape index (κ2) is 6.62. The molecule has 0 radical (unpaired) electrons. The topological polar surface area (TPSA) is 101 Å². The van der Waals surface area contributed by atoms with Gasteiger partial charge in [0.15, 0.2) is 15.1 Å². The fourth-order valence-corrected chi connectivity index (χ4v) is 3.72. The summed E-state index contributed by atoms with van der Waals surface area (Å²) >= 11 is 0. The molecule has 6 nitrogen and oxygen atoms in total. The predicted molar refractivity (Wildman–Crippen MR) is 84.8 cm³/mol. The number of carboxylic acid groups (broad SMARTS) is 1. The fourth-order valence-electron chi connectivity index (χ4n) is 2.15. The minimum atomic E-state index is -4.11. The predicted octanol–water partition coefficient (Wildman–Crippen LogP) is 2.24. The molecule has 120 valence electrons. The van der Waals surface area contributed by atoms with Crippen molar-refractivity contribution in [1.82, 2.24) is 0 Å². The van der Waals surface area contributed by atoms with Crippen LogP contribution in [0.3, 0.4) is 0 Å².